The maximum absolute atomic E-state index is 10.7. The molecule has 0 aliphatic heterocycles. The topological polar surface area (TPSA) is 72.5 Å². The van der Waals surface area contributed by atoms with Gasteiger partial charge in [-0.15, -0.1) is 0 Å². The fourth-order valence-corrected chi connectivity index (χ4v) is 1.38. The fourth-order valence-electron chi connectivity index (χ4n) is 1.38. The lowest BCUT2D eigenvalue weighted by atomic mass is 10.2. The minimum Gasteiger partial charge on any atom is -0.478 e. The molecule has 2 aromatic carbocycles. The molecule has 86 valence electrons. The zero-order chi connectivity index (χ0) is 12.3. The molecule has 0 aliphatic carbocycles. The van der Waals surface area contributed by atoms with Crippen molar-refractivity contribution in [3.63, 3.8) is 0 Å². The Kier molecular flexibility index (Phi) is 2.96. The number of nitrogen functional groups attached to an aromatic ring is 1. The van der Waals surface area contributed by atoms with E-state index < -0.39 is 5.97 Å². The summed E-state index contributed by atoms with van der Waals surface area (Å²) in [5, 5.41) is 8.74. The highest BCUT2D eigenvalue weighted by Crippen LogP contribution is 2.23. The van der Waals surface area contributed by atoms with Crippen LogP contribution in [-0.2, 0) is 0 Å². The Bertz CT molecular complexity index is 535. The first-order valence-corrected chi connectivity index (χ1v) is 5.02. The van der Waals surface area contributed by atoms with Crippen LogP contribution in [0.2, 0.25) is 0 Å². The molecule has 0 heterocycles. The Balaban J connectivity index is 2.16. The van der Waals surface area contributed by atoms with Crippen molar-refractivity contribution in [3.8, 4) is 11.5 Å². The molecule has 0 spiro atoms. The van der Waals surface area contributed by atoms with Crippen molar-refractivity contribution in [3.05, 3.63) is 54.1 Å². The number of benzene rings is 2. The zero-order valence-corrected chi connectivity index (χ0v) is 8.96. The van der Waals surface area contributed by atoms with E-state index in [1.54, 1.807) is 36.4 Å². The van der Waals surface area contributed by atoms with Crippen LogP contribution in [0.15, 0.2) is 48.5 Å². The van der Waals surface area contributed by atoms with Crippen molar-refractivity contribution in [1.29, 1.82) is 0 Å². The van der Waals surface area contributed by atoms with Crippen LogP contribution in [0.4, 0.5) is 5.69 Å². The molecule has 4 nitrogen and oxygen atoms in total. The van der Waals surface area contributed by atoms with Gasteiger partial charge in [0.2, 0.25) is 0 Å². The third kappa shape index (κ3) is 2.75. The monoisotopic (exact) mass is 229 g/mol. The summed E-state index contributed by atoms with van der Waals surface area (Å²) in [6.07, 6.45) is 0. The zero-order valence-electron chi connectivity index (χ0n) is 8.96. The van der Waals surface area contributed by atoms with Gasteiger partial charge in [0.1, 0.15) is 11.5 Å². The normalized spacial score (nSPS) is 9.88. The first-order chi connectivity index (χ1) is 8.15. The lowest BCUT2D eigenvalue weighted by molar-refractivity contribution is 0.0697. The molecule has 2 rings (SSSR count). The summed E-state index contributed by atoms with van der Waals surface area (Å²) < 4.78 is 5.52. The van der Waals surface area contributed by atoms with Crippen molar-refractivity contribution >= 4 is 11.7 Å². The summed E-state index contributed by atoms with van der Waals surface area (Å²) in [5.74, 6) is 0.231. The minimum atomic E-state index is -0.958. The summed E-state index contributed by atoms with van der Waals surface area (Å²) in [7, 11) is 0. The Morgan fingerprint density at radius 2 is 1.76 bits per heavy atom. The summed E-state index contributed by atoms with van der Waals surface area (Å²) >= 11 is 0. The first-order valence-electron chi connectivity index (χ1n) is 5.02. The maximum atomic E-state index is 10.7. The van der Waals surface area contributed by atoms with Crippen molar-refractivity contribution in [2.75, 3.05) is 5.73 Å². The number of nitrogens with two attached hydrogens (primary N) is 1. The van der Waals surface area contributed by atoms with E-state index in [0.29, 0.717) is 17.2 Å². The van der Waals surface area contributed by atoms with Gasteiger partial charge in [0.25, 0.3) is 0 Å². The van der Waals surface area contributed by atoms with Gasteiger partial charge in [-0.25, -0.2) is 4.79 Å². The number of carbonyl (C=O) groups is 1. The summed E-state index contributed by atoms with van der Waals surface area (Å²) in [4.78, 5) is 10.7. The number of carboxylic acids is 1. The molecule has 0 amide bonds. The van der Waals surface area contributed by atoms with Crippen LogP contribution in [0.5, 0.6) is 11.5 Å². The standard InChI is InChI=1S/C13H11NO3/c14-10-2-1-3-12(8-10)17-11-6-4-9(5-7-11)13(15)16/h1-8H,14H2,(H,15,16). The first kappa shape index (κ1) is 11.0. The Morgan fingerprint density at radius 3 is 2.35 bits per heavy atom. The lowest BCUT2D eigenvalue weighted by Crippen LogP contribution is -1.95. The van der Waals surface area contributed by atoms with Crippen molar-refractivity contribution < 1.29 is 14.6 Å². The molecule has 0 radical (unpaired) electrons. The lowest BCUT2D eigenvalue weighted by Gasteiger charge is -2.06. The molecule has 0 atom stereocenters. The molecule has 0 saturated heterocycles. The van der Waals surface area contributed by atoms with Crippen molar-refractivity contribution in [2.24, 2.45) is 0 Å². The summed E-state index contributed by atoms with van der Waals surface area (Å²) in [5.41, 5.74) is 6.46. The van der Waals surface area contributed by atoms with E-state index in [9.17, 15) is 4.79 Å². The summed E-state index contributed by atoms with van der Waals surface area (Å²) in [6.45, 7) is 0. The van der Waals surface area contributed by atoms with Crippen LogP contribution >= 0.6 is 0 Å². The minimum absolute atomic E-state index is 0.227. The van der Waals surface area contributed by atoms with Gasteiger partial charge in [-0.2, -0.15) is 0 Å². The molecule has 17 heavy (non-hydrogen) atoms. The van der Waals surface area contributed by atoms with E-state index in [0.717, 1.165) is 0 Å². The largest absolute Gasteiger partial charge is 0.478 e. The molecule has 0 aliphatic rings. The predicted molar refractivity (Wildman–Crippen MR) is 64.3 cm³/mol. The highest BCUT2D eigenvalue weighted by Gasteiger charge is 2.02. The van der Waals surface area contributed by atoms with Gasteiger partial charge in [-0.3, -0.25) is 0 Å². The summed E-state index contributed by atoms with van der Waals surface area (Å²) in [6, 6.07) is 13.2. The van der Waals surface area contributed by atoms with Crippen LogP contribution < -0.4 is 10.5 Å². The second-order valence-corrected chi connectivity index (χ2v) is 3.50. The fraction of sp³-hybridized carbons (Fsp3) is 0. The highest BCUT2D eigenvalue weighted by molar-refractivity contribution is 5.87. The molecule has 3 N–H and O–H groups in total. The molecule has 0 unspecified atom stereocenters. The van der Waals surface area contributed by atoms with E-state index in [1.165, 1.54) is 12.1 Å². The van der Waals surface area contributed by atoms with Crippen molar-refractivity contribution in [2.45, 2.75) is 0 Å². The number of hydrogen-bond acceptors (Lipinski definition) is 3. The van der Waals surface area contributed by atoms with Crippen molar-refractivity contribution in [1.82, 2.24) is 0 Å². The van der Waals surface area contributed by atoms with Gasteiger partial charge in [0.15, 0.2) is 0 Å². The van der Waals surface area contributed by atoms with E-state index in [4.69, 9.17) is 15.6 Å². The molecule has 0 aromatic heterocycles. The van der Waals surface area contributed by atoms with Gasteiger partial charge in [-0.1, -0.05) is 6.07 Å². The molecule has 0 fully saturated rings. The van der Waals surface area contributed by atoms with Gasteiger partial charge >= 0.3 is 5.97 Å². The van der Waals surface area contributed by atoms with Gasteiger partial charge in [-0.05, 0) is 36.4 Å². The van der Waals surface area contributed by atoms with Gasteiger partial charge in [0, 0.05) is 11.8 Å². The Hall–Kier alpha value is -2.49. The number of ether oxygens (including phenoxy) is 1. The average molecular weight is 229 g/mol. The Labute approximate surface area is 98.3 Å². The van der Waals surface area contributed by atoms with Crippen LogP contribution in [-0.4, -0.2) is 11.1 Å². The Morgan fingerprint density at radius 1 is 1.06 bits per heavy atom. The second-order valence-electron chi connectivity index (χ2n) is 3.50. The van der Waals surface area contributed by atoms with E-state index in [2.05, 4.69) is 0 Å². The molecule has 4 heteroatoms. The van der Waals surface area contributed by atoms with Gasteiger partial charge in [0.05, 0.1) is 5.56 Å². The van der Waals surface area contributed by atoms with Crippen LogP contribution in [0, 0.1) is 0 Å². The molecule has 0 saturated carbocycles. The van der Waals surface area contributed by atoms with Crippen LogP contribution in [0.1, 0.15) is 10.4 Å². The number of hydrogen-bond donors (Lipinski definition) is 2. The highest BCUT2D eigenvalue weighted by atomic mass is 16.5. The van der Waals surface area contributed by atoms with E-state index in [-0.39, 0.29) is 5.56 Å². The molecular weight excluding hydrogens is 218 g/mol. The smallest absolute Gasteiger partial charge is 0.335 e. The number of rotatable bonds is 3. The average Bonchev–Trinajstić information content (AvgIpc) is 2.29. The third-order valence-electron chi connectivity index (χ3n) is 2.20. The molecular formula is C13H11NO3. The second kappa shape index (κ2) is 4.57. The van der Waals surface area contributed by atoms with E-state index >= 15 is 0 Å². The molecule has 0 bridgehead atoms. The molecule has 2 aromatic rings. The van der Waals surface area contributed by atoms with Crippen LogP contribution in [0.25, 0.3) is 0 Å². The third-order valence-corrected chi connectivity index (χ3v) is 2.20. The maximum Gasteiger partial charge on any atom is 0.335 e. The number of anilines is 1. The SMILES string of the molecule is Nc1cccc(Oc2ccc(C(=O)O)cc2)c1. The van der Waals surface area contributed by atoms with E-state index in [1.807, 2.05) is 0 Å². The van der Waals surface area contributed by atoms with Gasteiger partial charge < -0.3 is 15.6 Å². The predicted octanol–water partition coefficient (Wildman–Crippen LogP) is 2.76. The van der Waals surface area contributed by atoms with Crippen LogP contribution in [0.3, 0.4) is 0 Å². The quantitative estimate of drug-likeness (QED) is 0.794. The number of carboxylic acid groups (broad SMARTS) is 1. The number of aromatic carboxylic acids is 1.